The number of likely N-dealkylation sites (N-methyl/N-ethyl adjacent to an activating group) is 2. The van der Waals surface area contributed by atoms with Gasteiger partial charge in [0.1, 0.15) is 0 Å². The third kappa shape index (κ3) is 13.8. The summed E-state index contributed by atoms with van der Waals surface area (Å²) in [6.07, 6.45) is 0. The van der Waals surface area contributed by atoms with E-state index in [1.165, 1.54) is 36.4 Å². The van der Waals surface area contributed by atoms with Crippen LogP contribution in [0, 0.1) is 0 Å². The van der Waals surface area contributed by atoms with E-state index >= 15 is 0 Å². The number of rotatable bonds is 10. The summed E-state index contributed by atoms with van der Waals surface area (Å²) in [5.74, 6) is -0.542. The maximum atomic E-state index is 12.7. The van der Waals surface area contributed by atoms with E-state index in [9.17, 15) is 26.4 Å². The molecule has 6 aromatic rings. The fourth-order valence-corrected chi connectivity index (χ4v) is 6.77. The minimum atomic E-state index is -3.98. The summed E-state index contributed by atoms with van der Waals surface area (Å²) in [5, 5.41) is 10.7. The Morgan fingerprint density at radius 1 is 0.579 bits per heavy atom. The minimum absolute atomic E-state index is 0.0276. The zero-order valence-electron chi connectivity index (χ0n) is 30.8. The van der Waals surface area contributed by atoms with E-state index in [-0.39, 0.29) is 56.0 Å². The zero-order chi connectivity index (χ0) is 41.9. The third-order valence-corrected chi connectivity index (χ3v) is 10.2. The van der Waals surface area contributed by atoms with Crippen LogP contribution in [0.4, 0.5) is 17.2 Å². The van der Waals surface area contributed by atoms with Crippen molar-refractivity contribution in [3.63, 3.8) is 0 Å². The fourth-order valence-electron chi connectivity index (χ4n) is 4.65. The van der Waals surface area contributed by atoms with Crippen molar-refractivity contribution >= 4 is 106 Å². The van der Waals surface area contributed by atoms with Crippen LogP contribution in [0.3, 0.4) is 0 Å². The van der Waals surface area contributed by atoms with E-state index in [2.05, 4.69) is 35.3 Å². The number of aromatic nitrogens is 4. The molecule has 0 unspecified atom stereocenters. The second-order valence-corrected chi connectivity index (χ2v) is 16.7. The lowest BCUT2D eigenvalue weighted by Gasteiger charge is -2.12. The average Bonchev–Trinajstić information content (AvgIpc) is 3.12. The largest absolute Gasteiger partial charge is 0.325 e. The zero-order valence-corrected chi connectivity index (χ0v) is 34.7. The number of hydrogen-bond donors (Lipinski definition) is 4. The Morgan fingerprint density at radius 2 is 0.965 bits per heavy atom. The molecule has 300 valence electrons. The highest BCUT2D eigenvalue weighted by atomic mass is 35.5. The van der Waals surface area contributed by atoms with Crippen molar-refractivity contribution in [3.8, 4) is 0 Å². The van der Waals surface area contributed by atoms with Gasteiger partial charge >= 0.3 is 0 Å². The third-order valence-electron chi connectivity index (χ3n) is 7.04. The van der Waals surface area contributed by atoms with Crippen molar-refractivity contribution in [2.45, 2.75) is 9.79 Å². The molecule has 0 saturated carbocycles. The minimum Gasteiger partial charge on any atom is -0.325 e. The van der Waals surface area contributed by atoms with Crippen LogP contribution >= 0.6 is 34.8 Å². The van der Waals surface area contributed by atoms with Gasteiger partial charge < -0.3 is 20.4 Å². The van der Waals surface area contributed by atoms with Crippen LogP contribution in [0.25, 0.3) is 22.1 Å². The van der Waals surface area contributed by atoms with Gasteiger partial charge in [-0.05, 0) is 88.9 Å². The molecule has 0 spiro atoms. The quantitative estimate of drug-likeness (QED) is 0.137. The maximum Gasteiger partial charge on any atom is 0.263 e. The van der Waals surface area contributed by atoms with E-state index in [0.717, 1.165) is 11.0 Å². The summed E-state index contributed by atoms with van der Waals surface area (Å²) in [4.78, 5) is 43.2. The molecule has 0 bridgehead atoms. The van der Waals surface area contributed by atoms with E-state index in [1.807, 2.05) is 24.3 Å². The molecule has 2 heterocycles. The van der Waals surface area contributed by atoms with Crippen LogP contribution < -0.4 is 20.5 Å². The molecule has 0 aliphatic heterocycles. The molecule has 4 aromatic carbocycles. The Kier molecular flexibility index (Phi) is 15.6. The van der Waals surface area contributed by atoms with Crippen LogP contribution in [0.2, 0.25) is 15.5 Å². The second kappa shape index (κ2) is 19.9. The molecule has 0 aliphatic rings. The van der Waals surface area contributed by atoms with Crippen LogP contribution in [-0.2, 0) is 29.6 Å². The predicted octanol–water partition coefficient (Wildman–Crippen LogP) is 5.35. The lowest BCUT2D eigenvalue weighted by atomic mass is 10.3. The molecule has 0 fully saturated rings. The number of carbonyl (C=O) groups is 2. The second-order valence-electron chi connectivity index (χ2n) is 12.4. The van der Waals surface area contributed by atoms with E-state index in [4.69, 9.17) is 39.9 Å². The van der Waals surface area contributed by atoms with Gasteiger partial charge in [-0.1, -0.05) is 71.2 Å². The van der Waals surface area contributed by atoms with Gasteiger partial charge in [-0.25, -0.2) is 41.9 Å². The molecule has 57 heavy (non-hydrogen) atoms. The number of sulfonamides is 2. The molecule has 6 rings (SSSR count). The molecule has 0 radical (unpaired) electrons. The Morgan fingerprint density at radius 3 is 1.39 bits per heavy atom. The number of anilines is 3. The number of fused-ring (bicyclic) bond motifs is 2. The van der Waals surface area contributed by atoms with Crippen molar-refractivity contribution in [2.75, 3.05) is 56.6 Å². The smallest absolute Gasteiger partial charge is 0.263 e. The van der Waals surface area contributed by atoms with Crippen molar-refractivity contribution in [2.24, 2.45) is 5.14 Å². The highest BCUT2D eigenvalue weighted by Gasteiger charge is 2.19. The summed E-state index contributed by atoms with van der Waals surface area (Å²) in [7, 11) is -0.677. The molecule has 2 amide bonds. The number of hydrogen-bond acceptors (Lipinski definition) is 12. The number of nitrogens with two attached hydrogens (primary N) is 1. The highest BCUT2D eigenvalue weighted by molar-refractivity contribution is 7.92. The van der Waals surface area contributed by atoms with Crippen LogP contribution in [0.15, 0.2) is 107 Å². The molecule has 21 heteroatoms. The first-order chi connectivity index (χ1) is 26.8. The van der Waals surface area contributed by atoms with Gasteiger partial charge in [0.15, 0.2) is 21.3 Å². The summed E-state index contributed by atoms with van der Waals surface area (Å²) in [5.41, 5.74) is 3.35. The number of benzene rings is 4. The first-order valence-electron chi connectivity index (χ1n) is 16.5. The van der Waals surface area contributed by atoms with Gasteiger partial charge in [0, 0.05) is 11.4 Å². The van der Waals surface area contributed by atoms with Crippen molar-refractivity contribution in [1.29, 1.82) is 0 Å². The molecule has 2 aromatic heterocycles. The summed E-state index contributed by atoms with van der Waals surface area (Å²) >= 11 is 17.4. The lowest BCUT2D eigenvalue weighted by Crippen LogP contribution is -2.27. The number of amides is 2. The fraction of sp³-hybridized carbons (Fsp3) is 0.167. The van der Waals surface area contributed by atoms with Crippen LogP contribution in [0.1, 0.15) is 0 Å². The summed E-state index contributed by atoms with van der Waals surface area (Å²) in [6, 6.07) is 26.1. The number of halogens is 3. The summed E-state index contributed by atoms with van der Waals surface area (Å²) < 4.78 is 50.1. The first-order valence-corrected chi connectivity index (χ1v) is 20.6. The first kappa shape index (κ1) is 44.7. The van der Waals surface area contributed by atoms with E-state index in [0.29, 0.717) is 22.4 Å². The van der Waals surface area contributed by atoms with E-state index < -0.39 is 20.0 Å². The number of primary sulfonamides is 1. The monoisotopic (exact) mass is 874 g/mol. The predicted molar refractivity (Wildman–Crippen MR) is 224 cm³/mol. The molecule has 0 aliphatic carbocycles. The van der Waals surface area contributed by atoms with Gasteiger partial charge in [0.25, 0.3) is 10.0 Å². The van der Waals surface area contributed by atoms with E-state index in [1.54, 1.807) is 74.4 Å². The standard InChI is InChI=1S/C18H18ClN5O3S.C10H15N3O3S.C8H4Cl2N2/c1-24(2)11-16(25)20-12-6-5-7-13(10-12)28(26,27)23-18-17(19)21-14-8-3-4-9-15(14)22-18;1-13(2)7-10(14)12-8-4-3-5-9(6-8)17(11,15)16;9-7-8(10)12-6-4-2-1-3-5(6)11-7/h3-10H,11H2,1-2H3,(H,20,25)(H,22,23);3-6H,7H2,1-2H3,(H,12,14)(H2,11,15,16);1-4H. The Balaban J connectivity index is 0.000000210. The molecule has 5 N–H and O–H groups in total. The maximum absolute atomic E-state index is 12.7. The molecule has 0 saturated heterocycles. The van der Waals surface area contributed by atoms with Crippen LogP contribution in [-0.4, -0.2) is 99.7 Å². The normalized spacial score (nSPS) is 11.3. The number of nitrogens with zero attached hydrogens (tertiary/aromatic N) is 6. The van der Waals surface area contributed by atoms with Gasteiger partial charge in [0.05, 0.1) is 44.9 Å². The number of para-hydroxylation sites is 4. The Hall–Kier alpha value is -5.05. The van der Waals surface area contributed by atoms with Crippen LogP contribution in [0.5, 0.6) is 0 Å². The Bertz CT molecular complexity index is 2580. The topological polar surface area (TPSA) is 223 Å². The Labute approximate surface area is 344 Å². The highest BCUT2D eigenvalue weighted by Crippen LogP contribution is 2.25. The summed E-state index contributed by atoms with van der Waals surface area (Å²) in [6.45, 7) is 0.400. The van der Waals surface area contributed by atoms with Gasteiger partial charge in [0.2, 0.25) is 21.8 Å². The van der Waals surface area contributed by atoms with Gasteiger partial charge in [-0.2, -0.15) is 0 Å². The molecule has 16 nitrogen and oxygen atoms in total. The molecular weight excluding hydrogens is 839 g/mol. The van der Waals surface area contributed by atoms with Gasteiger partial charge in [-0.3, -0.25) is 14.3 Å². The molecular formula is C36H37Cl3N10O6S2. The molecule has 0 atom stereocenters. The number of nitrogens with one attached hydrogen (secondary N) is 3. The van der Waals surface area contributed by atoms with Gasteiger partial charge in [-0.15, -0.1) is 0 Å². The number of carbonyl (C=O) groups excluding carboxylic acids is 2. The van der Waals surface area contributed by atoms with Crippen molar-refractivity contribution < 1.29 is 26.4 Å². The average molecular weight is 876 g/mol. The van der Waals surface area contributed by atoms with Crippen molar-refractivity contribution in [3.05, 3.63) is 113 Å². The van der Waals surface area contributed by atoms with Crippen molar-refractivity contribution in [1.82, 2.24) is 29.7 Å². The lowest BCUT2D eigenvalue weighted by molar-refractivity contribution is -0.117. The SMILES string of the molecule is CN(C)CC(=O)Nc1cccc(S(=O)(=O)Nc2nc3ccccc3nc2Cl)c1.CN(C)CC(=O)Nc1cccc(S(N)(=O)=O)c1.Clc1nc2ccccc2nc1Cl.